The van der Waals surface area contributed by atoms with E-state index in [-0.39, 0.29) is 5.92 Å². The summed E-state index contributed by atoms with van der Waals surface area (Å²) in [6.45, 7) is 1.82. The molecule has 29 heavy (non-hydrogen) atoms. The van der Waals surface area contributed by atoms with Crippen molar-refractivity contribution in [2.75, 3.05) is 5.32 Å². The molecule has 0 heterocycles. The molecule has 154 valence electrons. The molecule has 0 aliphatic heterocycles. The highest BCUT2D eigenvalue weighted by atomic mass is 19.1. The minimum absolute atomic E-state index is 0.234. The van der Waals surface area contributed by atoms with Gasteiger partial charge in [-0.25, -0.2) is 14.7 Å². The van der Waals surface area contributed by atoms with Crippen LogP contribution in [0.1, 0.15) is 31.4 Å². The molecule has 0 fully saturated rings. The lowest BCUT2D eigenvalue weighted by molar-refractivity contribution is -0.124. The zero-order valence-corrected chi connectivity index (χ0v) is 15.8. The molecule has 8 heteroatoms. The van der Waals surface area contributed by atoms with E-state index < -0.39 is 29.7 Å². The second-order valence-corrected chi connectivity index (χ2v) is 6.46. The maximum Gasteiger partial charge on any atom is 0.412 e. The minimum atomic E-state index is -0.814. The number of phenols is 1. The summed E-state index contributed by atoms with van der Waals surface area (Å²) in [5, 5.41) is 20.5. The number of phenolic OH excluding ortho intramolecular Hbond substituents is 1. The highest BCUT2D eigenvalue weighted by molar-refractivity contribution is 5.86. The molecule has 2 aromatic rings. The van der Waals surface area contributed by atoms with Gasteiger partial charge in [0, 0.05) is 11.8 Å². The van der Waals surface area contributed by atoms with Crippen molar-refractivity contribution >= 4 is 17.7 Å². The fourth-order valence-corrected chi connectivity index (χ4v) is 2.74. The maximum atomic E-state index is 13.8. The van der Waals surface area contributed by atoms with Crippen LogP contribution < -0.4 is 10.8 Å². The summed E-state index contributed by atoms with van der Waals surface area (Å²) in [7, 11) is 0. The van der Waals surface area contributed by atoms with E-state index in [0.29, 0.717) is 24.1 Å². The molecule has 0 saturated heterocycles. The standard InChI is InChI=1S/C21H23FN2O5/c1-14(7-5-6-10-19(26)24-28)20(15-11-12-18(25)17(22)13-15)29-21(27)23-16-8-3-2-4-9-16/h2-4,6,8-14,20,25,28H,5,7H2,1H3,(H,23,27)(H,24,26)/b10-6+/t14-,20+/m0/s1. The average Bonchev–Trinajstić information content (AvgIpc) is 2.72. The van der Waals surface area contributed by atoms with Crippen molar-refractivity contribution in [2.45, 2.75) is 25.9 Å². The van der Waals surface area contributed by atoms with Crippen molar-refractivity contribution in [3.8, 4) is 5.75 Å². The van der Waals surface area contributed by atoms with Gasteiger partial charge in [-0.15, -0.1) is 0 Å². The van der Waals surface area contributed by atoms with Gasteiger partial charge in [0.2, 0.25) is 0 Å². The topological polar surface area (TPSA) is 108 Å². The Morgan fingerprint density at radius 2 is 1.93 bits per heavy atom. The van der Waals surface area contributed by atoms with Gasteiger partial charge in [0.1, 0.15) is 6.10 Å². The number of anilines is 1. The van der Waals surface area contributed by atoms with Crippen molar-refractivity contribution in [3.63, 3.8) is 0 Å². The van der Waals surface area contributed by atoms with Crippen LogP contribution in [0.3, 0.4) is 0 Å². The van der Waals surface area contributed by atoms with E-state index in [1.807, 2.05) is 13.0 Å². The summed E-state index contributed by atoms with van der Waals surface area (Å²) in [5.74, 6) is -2.19. The second-order valence-electron chi connectivity index (χ2n) is 6.46. The number of nitrogens with one attached hydrogen (secondary N) is 2. The molecule has 2 aromatic carbocycles. The number of halogens is 1. The van der Waals surface area contributed by atoms with E-state index in [9.17, 15) is 19.1 Å². The Kier molecular flexibility index (Phi) is 8.17. The molecular weight excluding hydrogens is 379 g/mol. The summed E-state index contributed by atoms with van der Waals surface area (Å²) in [5.41, 5.74) is 2.44. The van der Waals surface area contributed by atoms with Crippen LogP contribution in [0.5, 0.6) is 5.75 Å². The van der Waals surface area contributed by atoms with Crippen molar-refractivity contribution in [1.82, 2.24) is 5.48 Å². The average molecular weight is 402 g/mol. The molecule has 0 aromatic heterocycles. The quantitative estimate of drug-likeness (QED) is 0.299. The van der Waals surface area contributed by atoms with E-state index in [1.54, 1.807) is 30.3 Å². The smallest absolute Gasteiger partial charge is 0.412 e. The summed E-state index contributed by atoms with van der Waals surface area (Å²) in [6, 6.07) is 12.6. The first-order valence-corrected chi connectivity index (χ1v) is 9.02. The Balaban J connectivity index is 2.11. The third-order valence-electron chi connectivity index (χ3n) is 4.24. The summed E-state index contributed by atoms with van der Waals surface area (Å²) < 4.78 is 19.4. The van der Waals surface area contributed by atoms with Crippen molar-refractivity contribution < 1.29 is 29.0 Å². The van der Waals surface area contributed by atoms with Gasteiger partial charge in [0.05, 0.1) is 0 Å². The number of hydrogen-bond donors (Lipinski definition) is 4. The predicted octanol–water partition coefficient (Wildman–Crippen LogP) is 4.30. The monoisotopic (exact) mass is 402 g/mol. The molecule has 0 saturated carbocycles. The molecule has 2 atom stereocenters. The number of carbonyl (C=O) groups is 2. The molecule has 0 aliphatic carbocycles. The van der Waals surface area contributed by atoms with Gasteiger partial charge in [0.25, 0.3) is 5.91 Å². The molecule has 0 aliphatic rings. The van der Waals surface area contributed by atoms with E-state index in [1.165, 1.54) is 23.7 Å². The number of para-hydroxylation sites is 1. The Labute approximate surface area is 167 Å². The van der Waals surface area contributed by atoms with Gasteiger partial charge in [-0.3, -0.25) is 15.3 Å². The predicted molar refractivity (Wildman–Crippen MR) is 105 cm³/mol. The number of aromatic hydroxyl groups is 1. The van der Waals surface area contributed by atoms with Gasteiger partial charge in [-0.05, 0) is 48.6 Å². The van der Waals surface area contributed by atoms with Crippen LogP contribution in [0.15, 0.2) is 60.7 Å². The Bertz CT molecular complexity index is 857. The van der Waals surface area contributed by atoms with E-state index in [2.05, 4.69) is 5.32 Å². The molecule has 0 unspecified atom stereocenters. The van der Waals surface area contributed by atoms with E-state index in [0.717, 1.165) is 6.07 Å². The van der Waals surface area contributed by atoms with Crippen LogP contribution in [0.2, 0.25) is 0 Å². The van der Waals surface area contributed by atoms with E-state index >= 15 is 0 Å². The first-order valence-electron chi connectivity index (χ1n) is 9.02. The van der Waals surface area contributed by atoms with Gasteiger partial charge in [-0.1, -0.05) is 37.3 Å². The fraction of sp³-hybridized carbons (Fsp3) is 0.238. The van der Waals surface area contributed by atoms with Gasteiger partial charge >= 0.3 is 6.09 Å². The maximum absolute atomic E-state index is 13.8. The Hall–Kier alpha value is -3.39. The molecule has 2 amide bonds. The summed E-state index contributed by atoms with van der Waals surface area (Å²) in [6.07, 6.45) is 2.26. The van der Waals surface area contributed by atoms with Crippen molar-refractivity contribution in [1.29, 1.82) is 0 Å². The number of hydrogen-bond acceptors (Lipinski definition) is 5. The molecule has 0 spiro atoms. The van der Waals surface area contributed by atoms with Gasteiger partial charge in [-0.2, -0.15) is 0 Å². The fourth-order valence-electron chi connectivity index (χ4n) is 2.74. The molecule has 7 nitrogen and oxygen atoms in total. The van der Waals surface area contributed by atoms with Crippen LogP contribution >= 0.6 is 0 Å². The Morgan fingerprint density at radius 1 is 1.21 bits per heavy atom. The second kappa shape index (κ2) is 10.8. The number of allylic oxidation sites excluding steroid dienone is 1. The zero-order chi connectivity index (χ0) is 21.2. The number of ether oxygens (including phenoxy) is 1. The lowest BCUT2D eigenvalue weighted by Crippen LogP contribution is -2.22. The largest absolute Gasteiger partial charge is 0.505 e. The van der Waals surface area contributed by atoms with Crippen LogP contribution in [0.4, 0.5) is 14.9 Å². The molecule has 4 N–H and O–H groups in total. The lowest BCUT2D eigenvalue weighted by Gasteiger charge is -2.24. The third kappa shape index (κ3) is 6.93. The normalized spacial score (nSPS) is 12.9. The molecule has 0 bridgehead atoms. The summed E-state index contributed by atoms with van der Waals surface area (Å²) >= 11 is 0. The van der Waals surface area contributed by atoms with Crippen molar-refractivity contribution in [3.05, 3.63) is 72.1 Å². The number of hydroxylamine groups is 1. The first-order chi connectivity index (χ1) is 13.9. The van der Waals surface area contributed by atoms with Gasteiger partial charge in [0.15, 0.2) is 11.6 Å². The van der Waals surface area contributed by atoms with Crippen molar-refractivity contribution in [2.24, 2.45) is 5.92 Å². The highest BCUT2D eigenvalue weighted by Gasteiger charge is 2.24. The zero-order valence-electron chi connectivity index (χ0n) is 15.8. The number of benzene rings is 2. The van der Waals surface area contributed by atoms with E-state index in [4.69, 9.17) is 9.94 Å². The van der Waals surface area contributed by atoms with Crippen LogP contribution in [-0.2, 0) is 9.53 Å². The van der Waals surface area contributed by atoms with Crippen LogP contribution in [0, 0.1) is 11.7 Å². The number of carbonyl (C=O) groups excluding carboxylic acids is 2. The summed E-state index contributed by atoms with van der Waals surface area (Å²) in [4.78, 5) is 23.3. The van der Waals surface area contributed by atoms with Gasteiger partial charge < -0.3 is 9.84 Å². The Morgan fingerprint density at radius 3 is 2.59 bits per heavy atom. The minimum Gasteiger partial charge on any atom is -0.505 e. The highest BCUT2D eigenvalue weighted by Crippen LogP contribution is 2.32. The SMILES string of the molecule is C[C@@H](CC/C=C/C(=O)NO)[C@@H](OC(=O)Nc1ccccc1)c1ccc(O)c(F)c1. The van der Waals surface area contributed by atoms with Crippen LogP contribution in [-0.4, -0.2) is 22.3 Å². The number of amides is 2. The van der Waals surface area contributed by atoms with Crippen LogP contribution in [0.25, 0.3) is 0 Å². The number of rotatable bonds is 8. The third-order valence-corrected chi connectivity index (χ3v) is 4.24. The lowest BCUT2D eigenvalue weighted by atomic mass is 9.93. The molecule has 0 radical (unpaired) electrons. The first kappa shape index (κ1) is 21.9. The molecule has 2 rings (SSSR count). The molecular formula is C21H23FN2O5.